The number of hydrogen-bond donors (Lipinski definition) is 0. The van der Waals surface area contributed by atoms with Crippen LogP contribution in [-0.4, -0.2) is 5.54 Å². The van der Waals surface area contributed by atoms with Crippen molar-refractivity contribution >= 4 is 34.6 Å². The Morgan fingerprint density at radius 2 is 1.45 bits per heavy atom. The summed E-state index contributed by atoms with van der Waals surface area (Å²) < 4.78 is 0. The zero-order valence-corrected chi connectivity index (χ0v) is 18.4. The number of para-hydroxylation sites is 1. The van der Waals surface area contributed by atoms with E-state index < -0.39 is 0 Å². The monoisotopic (exact) mass is 421 g/mol. The Morgan fingerprint density at radius 3 is 2.24 bits per heavy atom. The molecule has 3 aromatic carbocycles. The van der Waals surface area contributed by atoms with E-state index in [2.05, 4.69) is 73.3 Å². The molecule has 1 aliphatic carbocycles. The average molecular weight is 422 g/mol. The number of nitrogens with zero attached hydrogens (tertiary/aromatic N) is 1. The Morgan fingerprint density at radius 1 is 0.759 bits per heavy atom. The first-order valence-corrected chi connectivity index (χ1v) is 11.2. The van der Waals surface area contributed by atoms with E-state index in [1.165, 1.54) is 30.5 Å². The lowest BCUT2D eigenvalue weighted by atomic mass is 9.61. The molecule has 1 saturated carbocycles. The number of anilines is 2. The molecule has 2 aliphatic rings. The van der Waals surface area contributed by atoms with Gasteiger partial charge in [-0.15, -0.1) is 0 Å². The van der Waals surface area contributed by atoms with Crippen molar-refractivity contribution in [3.8, 4) is 11.1 Å². The van der Waals surface area contributed by atoms with E-state index >= 15 is 0 Å². The topological polar surface area (TPSA) is 3.24 Å². The van der Waals surface area contributed by atoms with Gasteiger partial charge in [-0.25, -0.2) is 0 Å². The van der Waals surface area contributed by atoms with E-state index in [-0.39, 0.29) is 11.0 Å². The third-order valence-electron chi connectivity index (χ3n) is 7.37. The van der Waals surface area contributed by atoms with Crippen LogP contribution >= 0.6 is 23.2 Å². The molecule has 5 rings (SSSR count). The molecule has 0 radical (unpaired) electrons. The van der Waals surface area contributed by atoms with Gasteiger partial charge in [-0.2, -0.15) is 0 Å². The fourth-order valence-corrected chi connectivity index (χ4v) is 6.02. The minimum atomic E-state index is -0.0305. The molecule has 1 heterocycles. The maximum Gasteiger partial charge on any atom is 0.0829 e. The average Bonchev–Trinajstić information content (AvgIpc) is 2.95. The van der Waals surface area contributed by atoms with Crippen LogP contribution in [0.25, 0.3) is 11.1 Å². The van der Waals surface area contributed by atoms with E-state index in [1.807, 2.05) is 12.1 Å². The first-order valence-electron chi connectivity index (χ1n) is 10.4. The van der Waals surface area contributed by atoms with Gasteiger partial charge in [0, 0.05) is 11.1 Å². The summed E-state index contributed by atoms with van der Waals surface area (Å²) in [4.78, 5) is 2.49. The van der Waals surface area contributed by atoms with Crippen LogP contribution in [0.5, 0.6) is 0 Å². The van der Waals surface area contributed by atoms with E-state index in [4.69, 9.17) is 23.2 Å². The molecule has 0 spiro atoms. The lowest BCUT2D eigenvalue weighted by Crippen LogP contribution is -2.54. The van der Waals surface area contributed by atoms with Gasteiger partial charge in [0.1, 0.15) is 0 Å². The van der Waals surface area contributed by atoms with Crippen LogP contribution in [0.3, 0.4) is 0 Å². The van der Waals surface area contributed by atoms with Gasteiger partial charge < -0.3 is 4.90 Å². The van der Waals surface area contributed by atoms with E-state index in [0.29, 0.717) is 10.0 Å². The number of benzene rings is 3. The molecule has 2 unspecified atom stereocenters. The molecule has 29 heavy (non-hydrogen) atoms. The second-order valence-electron chi connectivity index (χ2n) is 8.82. The zero-order chi connectivity index (χ0) is 20.2. The van der Waals surface area contributed by atoms with Crippen LogP contribution in [0, 0.1) is 0 Å². The standard InChI is InChI=1S/C26H25Cl2N/c1-25-14-8-9-15-26(25,2)29(22-13-7-6-12-20(22)25)23-17-19(16-21(27)24(23)28)18-10-4-3-5-11-18/h3-7,10-13,16-17H,8-9,14-15H2,1-2H3. The van der Waals surface area contributed by atoms with Crippen molar-refractivity contribution in [2.45, 2.75) is 50.5 Å². The fourth-order valence-electron chi connectivity index (χ4n) is 5.61. The third-order valence-corrected chi connectivity index (χ3v) is 8.16. The second kappa shape index (κ2) is 6.79. The second-order valence-corrected chi connectivity index (χ2v) is 9.61. The fraction of sp³-hybridized carbons (Fsp3) is 0.308. The summed E-state index contributed by atoms with van der Waals surface area (Å²) in [5, 5.41) is 1.24. The van der Waals surface area contributed by atoms with Gasteiger partial charge in [-0.1, -0.05) is 91.5 Å². The molecule has 0 amide bonds. The van der Waals surface area contributed by atoms with Crippen LogP contribution < -0.4 is 4.90 Å². The minimum Gasteiger partial charge on any atom is -0.333 e. The summed E-state index contributed by atoms with van der Waals surface area (Å²) in [6.07, 6.45) is 4.84. The summed E-state index contributed by atoms with van der Waals surface area (Å²) in [5.74, 6) is 0. The molecular weight excluding hydrogens is 397 g/mol. The third kappa shape index (κ3) is 2.67. The van der Waals surface area contributed by atoms with Crippen molar-refractivity contribution in [2.75, 3.05) is 4.90 Å². The summed E-state index contributed by atoms with van der Waals surface area (Å²) >= 11 is 13.5. The predicted molar refractivity (Wildman–Crippen MR) is 125 cm³/mol. The molecule has 0 aromatic heterocycles. The van der Waals surface area contributed by atoms with Crippen LogP contribution in [0.1, 0.15) is 45.1 Å². The van der Waals surface area contributed by atoms with Gasteiger partial charge in [0.05, 0.1) is 21.3 Å². The lowest BCUT2D eigenvalue weighted by molar-refractivity contribution is 0.195. The van der Waals surface area contributed by atoms with Crippen LogP contribution in [0.2, 0.25) is 10.0 Å². The van der Waals surface area contributed by atoms with Crippen molar-refractivity contribution in [1.29, 1.82) is 0 Å². The van der Waals surface area contributed by atoms with Crippen LogP contribution in [0.15, 0.2) is 66.7 Å². The molecule has 1 aliphatic heterocycles. The molecule has 1 fully saturated rings. The number of halogens is 2. The van der Waals surface area contributed by atoms with E-state index in [9.17, 15) is 0 Å². The first kappa shape index (κ1) is 19.0. The van der Waals surface area contributed by atoms with Gasteiger partial charge in [0.15, 0.2) is 0 Å². The summed E-state index contributed by atoms with van der Waals surface area (Å²) in [7, 11) is 0. The van der Waals surface area contributed by atoms with Gasteiger partial charge >= 0.3 is 0 Å². The van der Waals surface area contributed by atoms with Gasteiger partial charge in [0.25, 0.3) is 0 Å². The van der Waals surface area contributed by atoms with Crippen molar-refractivity contribution in [2.24, 2.45) is 0 Å². The maximum absolute atomic E-state index is 6.86. The number of rotatable bonds is 2. The molecular formula is C26H25Cl2N. The Hall–Kier alpha value is -1.96. The normalized spacial score (nSPS) is 25.6. The van der Waals surface area contributed by atoms with E-state index in [0.717, 1.165) is 23.2 Å². The molecule has 148 valence electrons. The van der Waals surface area contributed by atoms with Crippen LogP contribution in [-0.2, 0) is 5.41 Å². The molecule has 3 heteroatoms. The molecule has 2 atom stereocenters. The summed E-state index contributed by atoms with van der Waals surface area (Å²) in [6.45, 7) is 4.84. The molecule has 0 N–H and O–H groups in total. The first-order chi connectivity index (χ1) is 14.0. The van der Waals surface area contributed by atoms with Crippen molar-refractivity contribution in [3.63, 3.8) is 0 Å². The predicted octanol–water partition coefficient (Wildman–Crippen LogP) is 8.40. The Bertz CT molecular complexity index is 1080. The highest BCUT2D eigenvalue weighted by molar-refractivity contribution is 6.44. The smallest absolute Gasteiger partial charge is 0.0829 e. The maximum atomic E-state index is 6.86. The van der Waals surface area contributed by atoms with Crippen LogP contribution in [0.4, 0.5) is 11.4 Å². The SMILES string of the molecule is CC12CCCCC1(C)N(c1cc(-c3ccccc3)cc(Cl)c1Cl)c1ccccc12. The van der Waals surface area contributed by atoms with E-state index in [1.54, 1.807) is 0 Å². The largest absolute Gasteiger partial charge is 0.333 e. The highest BCUT2D eigenvalue weighted by Gasteiger charge is 2.57. The highest BCUT2D eigenvalue weighted by Crippen LogP contribution is 2.61. The Labute approximate surface area is 183 Å². The number of fused-ring (bicyclic) bond motifs is 3. The van der Waals surface area contributed by atoms with Crippen molar-refractivity contribution in [1.82, 2.24) is 0 Å². The minimum absolute atomic E-state index is 0.0305. The lowest BCUT2D eigenvalue weighted by Gasteiger charge is -2.50. The van der Waals surface area contributed by atoms with Gasteiger partial charge in [-0.3, -0.25) is 0 Å². The number of hydrogen-bond acceptors (Lipinski definition) is 1. The Balaban J connectivity index is 1.76. The summed E-state index contributed by atoms with van der Waals surface area (Å²) in [6, 6.07) is 23.4. The van der Waals surface area contributed by atoms with Crippen molar-refractivity contribution in [3.05, 3.63) is 82.3 Å². The summed E-state index contributed by atoms with van der Waals surface area (Å²) in [5.41, 5.74) is 6.02. The van der Waals surface area contributed by atoms with Gasteiger partial charge in [-0.05, 0) is 54.7 Å². The quantitative estimate of drug-likeness (QED) is 0.401. The molecule has 3 aromatic rings. The van der Waals surface area contributed by atoms with Gasteiger partial charge in [0.2, 0.25) is 0 Å². The van der Waals surface area contributed by atoms with Crippen molar-refractivity contribution < 1.29 is 0 Å². The Kier molecular flexibility index (Phi) is 4.46. The molecule has 0 bridgehead atoms. The molecule has 0 saturated heterocycles. The zero-order valence-electron chi connectivity index (χ0n) is 16.9. The molecule has 1 nitrogen and oxygen atoms in total. The highest BCUT2D eigenvalue weighted by atomic mass is 35.5.